The Bertz CT molecular complexity index is 746. The Hall–Kier alpha value is -2.13. The molecule has 0 aromatic heterocycles. The van der Waals surface area contributed by atoms with Gasteiger partial charge in [-0.15, -0.1) is 0 Å². The minimum Gasteiger partial charge on any atom is -0.346 e. The van der Waals surface area contributed by atoms with Crippen molar-refractivity contribution in [1.82, 2.24) is 4.90 Å². The van der Waals surface area contributed by atoms with Crippen LogP contribution in [0.1, 0.15) is 40.5 Å². The molecule has 0 bridgehead atoms. The summed E-state index contributed by atoms with van der Waals surface area (Å²) in [4.78, 5) is 1.94. The molecule has 0 spiro atoms. The van der Waals surface area contributed by atoms with Crippen LogP contribution < -0.4 is 0 Å². The minimum absolute atomic E-state index is 0.0655. The molecule has 1 N–H and O–H groups in total. The average Bonchev–Trinajstić information content (AvgIpc) is 2.50. The standard InChI is InChI=1S/C16H21N3O4S/c1-5-14-11(3)16(13(9-17)10-18)12(4)15(6-2)19(14)7-8-23-24(20,21)22/h5-8H2,1-4H3,(H,20,21,22). The number of hydrogen-bond donors (Lipinski definition) is 1. The molecule has 8 heteroatoms. The number of nitriles is 2. The van der Waals surface area contributed by atoms with Crippen LogP contribution in [-0.4, -0.2) is 31.0 Å². The van der Waals surface area contributed by atoms with Crippen LogP contribution in [0.4, 0.5) is 0 Å². The van der Waals surface area contributed by atoms with Gasteiger partial charge in [0.25, 0.3) is 0 Å². The summed E-state index contributed by atoms with van der Waals surface area (Å²) in [6.07, 6.45) is 1.28. The van der Waals surface area contributed by atoms with Gasteiger partial charge in [0.1, 0.15) is 17.7 Å². The van der Waals surface area contributed by atoms with E-state index < -0.39 is 10.4 Å². The second-order valence-corrected chi connectivity index (χ2v) is 6.32. The summed E-state index contributed by atoms with van der Waals surface area (Å²) in [7, 11) is -4.49. The van der Waals surface area contributed by atoms with Crippen molar-refractivity contribution in [2.24, 2.45) is 0 Å². The van der Waals surface area contributed by atoms with Crippen LogP contribution in [0.5, 0.6) is 0 Å². The van der Waals surface area contributed by atoms with Crippen LogP contribution in [0.3, 0.4) is 0 Å². The lowest BCUT2D eigenvalue weighted by atomic mass is 9.87. The molecule has 0 amide bonds. The first kappa shape index (κ1) is 19.9. The first-order valence-corrected chi connectivity index (χ1v) is 8.92. The molecule has 1 aliphatic heterocycles. The average molecular weight is 351 g/mol. The maximum absolute atomic E-state index is 10.7. The summed E-state index contributed by atoms with van der Waals surface area (Å²) in [5.41, 5.74) is 4.13. The topological polar surface area (TPSA) is 114 Å². The Morgan fingerprint density at radius 1 is 1.12 bits per heavy atom. The molecule has 1 rings (SSSR count). The van der Waals surface area contributed by atoms with E-state index in [1.807, 2.05) is 44.7 Å². The third-order valence-corrected chi connectivity index (χ3v) is 4.42. The van der Waals surface area contributed by atoms with E-state index in [1.165, 1.54) is 0 Å². The Labute approximate surface area is 143 Å². The summed E-state index contributed by atoms with van der Waals surface area (Å²) in [5.74, 6) is 0. The predicted molar refractivity (Wildman–Crippen MR) is 88.4 cm³/mol. The van der Waals surface area contributed by atoms with Crippen LogP contribution in [0, 0.1) is 22.7 Å². The molecule has 0 aromatic carbocycles. The van der Waals surface area contributed by atoms with Crippen molar-refractivity contribution in [2.75, 3.05) is 13.2 Å². The van der Waals surface area contributed by atoms with Crippen molar-refractivity contribution in [3.8, 4) is 12.1 Å². The van der Waals surface area contributed by atoms with Crippen molar-refractivity contribution < 1.29 is 17.2 Å². The molecular weight excluding hydrogens is 330 g/mol. The molecule has 0 unspecified atom stereocenters. The fourth-order valence-corrected chi connectivity index (χ4v) is 3.35. The zero-order chi connectivity index (χ0) is 18.5. The van der Waals surface area contributed by atoms with Gasteiger partial charge in [-0.3, -0.25) is 4.55 Å². The van der Waals surface area contributed by atoms with E-state index in [1.54, 1.807) is 0 Å². The normalized spacial score (nSPS) is 15.5. The van der Waals surface area contributed by atoms with Gasteiger partial charge in [-0.2, -0.15) is 18.9 Å². The molecule has 0 aromatic rings. The van der Waals surface area contributed by atoms with Gasteiger partial charge in [0.15, 0.2) is 0 Å². The second kappa shape index (κ2) is 8.11. The fourth-order valence-electron chi connectivity index (χ4n) is 3.07. The summed E-state index contributed by atoms with van der Waals surface area (Å²) in [5, 5.41) is 18.4. The van der Waals surface area contributed by atoms with Gasteiger partial charge >= 0.3 is 10.4 Å². The number of nitrogens with zero attached hydrogens (tertiary/aromatic N) is 3. The highest BCUT2D eigenvalue weighted by Crippen LogP contribution is 2.38. The molecular formula is C16H21N3O4S. The molecule has 0 saturated carbocycles. The van der Waals surface area contributed by atoms with E-state index in [4.69, 9.17) is 4.55 Å². The molecule has 130 valence electrons. The smallest absolute Gasteiger partial charge is 0.346 e. The molecule has 7 nitrogen and oxygen atoms in total. The van der Waals surface area contributed by atoms with E-state index in [9.17, 15) is 18.9 Å². The second-order valence-electron chi connectivity index (χ2n) is 5.23. The van der Waals surface area contributed by atoms with Gasteiger partial charge in [0.05, 0.1) is 6.61 Å². The molecule has 0 atom stereocenters. The van der Waals surface area contributed by atoms with Crippen molar-refractivity contribution in [1.29, 1.82) is 10.5 Å². The van der Waals surface area contributed by atoms with E-state index in [2.05, 4.69) is 4.18 Å². The number of hydrogen-bond acceptors (Lipinski definition) is 6. The van der Waals surface area contributed by atoms with Crippen molar-refractivity contribution in [3.05, 3.63) is 33.7 Å². The van der Waals surface area contributed by atoms with Gasteiger partial charge in [-0.25, -0.2) is 4.18 Å². The zero-order valence-electron chi connectivity index (χ0n) is 14.3. The quantitative estimate of drug-likeness (QED) is 0.578. The van der Waals surface area contributed by atoms with E-state index in [0.717, 1.165) is 22.5 Å². The lowest BCUT2D eigenvalue weighted by Crippen LogP contribution is -2.32. The van der Waals surface area contributed by atoms with Gasteiger partial charge < -0.3 is 4.90 Å². The van der Waals surface area contributed by atoms with Crippen molar-refractivity contribution in [2.45, 2.75) is 40.5 Å². The number of allylic oxidation sites excluding steroid dienone is 6. The lowest BCUT2D eigenvalue weighted by molar-refractivity contribution is 0.234. The third-order valence-electron chi connectivity index (χ3n) is 3.96. The first-order valence-electron chi connectivity index (χ1n) is 7.55. The van der Waals surface area contributed by atoms with Gasteiger partial charge in [0, 0.05) is 23.5 Å². The molecule has 0 saturated heterocycles. The molecule has 0 fully saturated rings. The number of rotatable bonds is 6. The van der Waals surface area contributed by atoms with Crippen LogP contribution in [0.15, 0.2) is 33.7 Å². The van der Waals surface area contributed by atoms with E-state index in [0.29, 0.717) is 18.4 Å². The monoisotopic (exact) mass is 351 g/mol. The van der Waals surface area contributed by atoms with Gasteiger partial charge in [0.2, 0.25) is 0 Å². The fraction of sp³-hybridized carbons (Fsp3) is 0.500. The van der Waals surface area contributed by atoms with Crippen LogP contribution in [-0.2, 0) is 14.6 Å². The predicted octanol–water partition coefficient (Wildman–Crippen LogP) is 2.83. The Kier molecular flexibility index (Phi) is 6.73. The Morgan fingerprint density at radius 2 is 1.58 bits per heavy atom. The molecule has 0 aliphatic carbocycles. The highest BCUT2D eigenvalue weighted by Gasteiger charge is 2.27. The summed E-state index contributed by atoms with van der Waals surface area (Å²) < 4.78 is 34.6. The molecule has 1 aliphatic rings. The van der Waals surface area contributed by atoms with E-state index >= 15 is 0 Å². The maximum Gasteiger partial charge on any atom is 0.397 e. The summed E-state index contributed by atoms with van der Waals surface area (Å²) in [6.45, 7) is 7.61. The van der Waals surface area contributed by atoms with Crippen molar-refractivity contribution >= 4 is 10.4 Å². The van der Waals surface area contributed by atoms with Crippen LogP contribution in [0.25, 0.3) is 0 Å². The van der Waals surface area contributed by atoms with E-state index in [-0.39, 0.29) is 18.7 Å². The maximum atomic E-state index is 10.7. The largest absolute Gasteiger partial charge is 0.397 e. The SMILES string of the molecule is CCC1=C(C)C(=C(C#N)C#N)C(C)=C(CC)N1CCOS(=O)(=O)O. The Morgan fingerprint density at radius 3 is 1.92 bits per heavy atom. The highest BCUT2D eigenvalue weighted by molar-refractivity contribution is 7.80. The minimum atomic E-state index is -4.49. The molecule has 24 heavy (non-hydrogen) atoms. The lowest BCUT2D eigenvalue weighted by Gasteiger charge is -2.37. The van der Waals surface area contributed by atoms with Crippen molar-refractivity contribution in [3.63, 3.8) is 0 Å². The molecule has 1 heterocycles. The first-order chi connectivity index (χ1) is 11.2. The summed E-state index contributed by atoms with van der Waals surface area (Å²) in [6, 6.07) is 3.89. The van der Waals surface area contributed by atoms with Crippen LogP contribution in [0.2, 0.25) is 0 Å². The third kappa shape index (κ3) is 4.24. The van der Waals surface area contributed by atoms with Gasteiger partial charge in [-0.1, -0.05) is 13.8 Å². The Balaban J connectivity index is 3.39. The molecule has 0 radical (unpaired) electrons. The summed E-state index contributed by atoms with van der Waals surface area (Å²) >= 11 is 0. The van der Waals surface area contributed by atoms with Gasteiger partial charge in [-0.05, 0) is 37.8 Å². The van der Waals surface area contributed by atoms with Crippen LogP contribution >= 0.6 is 0 Å². The zero-order valence-corrected chi connectivity index (χ0v) is 15.1. The highest BCUT2D eigenvalue weighted by atomic mass is 32.3.